The number of allylic oxidation sites excluding steroid dienone is 1. The first-order valence-electron chi connectivity index (χ1n) is 12.1. The summed E-state index contributed by atoms with van der Waals surface area (Å²) < 4.78 is 17.4. The van der Waals surface area contributed by atoms with Crippen molar-refractivity contribution in [2.45, 2.75) is 31.6 Å². The van der Waals surface area contributed by atoms with E-state index >= 15 is 0 Å². The van der Waals surface area contributed by atoms with Crippen molar-refractivity contribution in [3.63, 3.8) is 0 Å². The largest absolute Gasteiger partial charge is 0.493 e. The Kier molecular flexibility index (Phi) is 10.9. The summed E-state index contributed by atoms with van der Waals surface area (Å²) in [6, 6.07) is 11.4. The Bertz CT molecular complexity index is 1330. The van der Waals surface area contributed by atoms with Crippen molar-refractivity contribution >= 4 is 35.2 Å². The number of benzene rings is 2. The van der Waals surface area contributed by atoms with Crippen LogP contribution in [0, 0.1) is 0 Å². The number of methoxy groups -OCH3 is 2. The Hall–Kier alpha value is -4.32. The van der Waals surface area contributed by atoms with Crippen LogP contribution in [0.15, 0.2) is 60.3 Å². The van der Waals surface area contributed by atoms with Gasteiger partial charge in [0, 0.05) is 17.8 Å². The summed E-state index contributed by atoms with van der Waals surface area (Å²) in [5.74, 6) is 0.481. The minimum absolute atomic E-state index is 0.0534. The van der Waals surface area contributed by atoms with Crippen molar-refractivity contribution in [2.75, 3.05) is 31.9 Å². The van der Waals surface area contributed by atoms with Gasteiger partial charge in [-0.05, 0) is 42.8 Å². The van der Waals surface area contributed by atoms with E-state index in [1.165, 1.54) is 26.0 Å². The van der Waals surface area contributed by atoms with Gasteiger partial charge in [-0.25, -0.2) is 4.79 Å². The molecule has 11 nitrogen and oxygen atoms in total. The van der Waals surface area contributed by atoms with Gasteiger partial charge in [0.2, 0.25) is 5.91 Å². The molecule has 0 saturated heterocycles. The standard InChI is InChI=1S/C27H31N5O6S/c1-5-12-32-23(16-28-25(34)18-10-11-21(36-3)22(15-18)37-4)30-31-27(32)39-17-24(33)29-20-9-7-8-19(14-20)26(35)38-13-6-2/h5,7-11,14-15H,1,6,12-13,16-17H2,2-4H3,(H,28,34)(H,29,33). The van der Waals surface area contributed by atoms with Gasteiger partial charge in [-0.1, -0.05) is 30.8 Å². The summed E-state index contributed by atoms with van der Waals surface area (Å²) in [6.45, 7) is 6.52. The predicted octanol–water partition coefficient (Wildman–Crippen LogP) is 3.71. The fraction of sp³-hybridized carbons (Fsp3) is 0.296. The summed E-state index contributed by atoms with van der Waals surface area (Å²) >= 11 is 1.19. The number of hydrogen-bond acceptors (Lipinski definition) is 9. The molecule has 0 spiro atoms. The molecule has 3 aromatic rings. The maximum Gasteiger partial charge on any atom is 0.338 e. The molecule has 1 heterocycles. The van der Waals surface area contributed by atoms with Gasteiger partial charge >= 0.3 is 5.97 Å². The van der Waals surface area contributed by atoms with Gasteiger partial charge in [-0.3, -0.25) is 9.59 Å². The molecule has 2 N–H and O–H groups in total. The average molecular weight is 554 g/mol. The third-order valence-corrected chi connectivity index (χ3v) is 6.28. The minimum atomic E-state index is -0.439. The van der Waals surface area contributed by atoms with Crippen LogP contribution in [0.3, 0.4) is 0 Å². The summed E-state index contributed by atoms with van der Waals surface area (Å²) in [5.41, 5.74) is 1.24. The van der Waals surface area contributed by atoms with Crippen LogP contribution < -0.4 is 20.1 Å². The summed E-state index contributed by atoms with van der Waals surface area (Å²) in [5, 5.41) is 14.5. The number of thioether (sulfide) groups is 1. The number of anilines is 1. The molecule has 0 atom stereocenters. The van der Waals surface area contributed by atoms with Crippen molar-refractivity contribution in [3.05, 3.63) is 72.1 Å². The zero-order valence-corrected chi connectivity index (χ0v) is 22.9. The third kappa shape index (κ3) is 8.08. The van der Waals surface area contributed by atoms with Gasteiger partial charge in [0.15, 0.2) is 22.5 Å². The van der Waals surface area contributed by atoms with Crippen molar-refractivity contribution in [1.82, 2.24) is 20.1 Å². The Morgan fingerprint density at radius 3 is 2.56 bits per heavy atom. The van der Waals surface area contributed by atoms with Gasteiger partial charge in [-0.15, -0.1) is 16.8 Å². The lowest BCUT2D eigenvalue weighted by molar-refractivity contribution is -0.113. The number of rotatable bonds is 14. The molecule has 0 saturated carbocycles. The highest BCUT2D eigenvalue weighted by Crippen LogP contribution is 2.27. The lowest BCUT2D eigenvalue weighted by Gasteiger charge is -2.11. The molecule has 2 aromatic carbocycles. The molecule has 206 valence electrons. The van der Waals surface area contributed by atoms with E-state index < -0.39 is 5.97 Å². The molecule has 0 aliphatic carbocycles. The normalized spacial score (nSPS) is 10.4. The summed E-state index contributed by atoms with van der Waals surface area (Å²) in [6.07, 6.45) is 2.40. The number of hydrogen-bond donors (Lipinski definition) is 2. The average Bonchev–Trinajstić information content (AvgIpc) is 3.34. The van der Waals surface area contributed by atoms with Gasteiger partial charge < -0.3 is 29.4 Å². The zero-order chi connectivity index (χ0) is 28.2. The quantitative estimate of drug-likeness (QED) is 0.174. The fourth-order valence-electron chi connectivity index (χ4n) is 3.44. The summed E-state index contributed by atoms with van der Waals surface area (Å²) in [7, 11) is 3.02. The van der Waals surface area contributed by atoms with Crippen LogP contribution in [0.2, 0.25) is 0 Å². The molecule has 2 amide bonds. The predicted molar refractivity (Wildman–Crippen MR) is 147 cm³/mol. The van der Waals surface area contributed by atoms with Crippen molar-refractivity contribution in [3.8, 4) is 11.5 Å². The van der Waals surface area contributed by atoms with Crippen molar-refractivity contribution in [2.24, 2.45) is 0 Å². The second-order valence-corrected chi connectivity index (χ2v) is 9.05. The molecule has 12 heteroatoms. The van der Waals surface area contributed by atoms with Crippen LogP contribution in [0.5, 0.6) is 11.5 Å². The number of carbonyl (C=O) groups is 3. The summed E-state index contributed by atoms with van der Waals surface area (Å²) in [4.78, 5) is 37.4. The van der Waals surface area contributed by atoms with Gasteiger partial charge in [0.05, 0.1) is 38.7 Å². The maximum absolute atomic E-state index is 12.7. The van der Waals surface area contributed by atoms with E-state index in [2.05, 4.69) is 27.4 Å². The molecule has 0 aliphatic heterocycles. The molecule has 0 aliphatic rings. The Morgan fingerprint density at radius 2 is 1.85 bits per heavy atom. The Morgan fingerprint density at radius 1 is 1.05 bits per heavy atom. The SMILES string of the molecule is C=CCn1c(CNC(=O)c2ccc(OC)c(OC)c2)nnc1SCC(=O)Nc1cccc(C(=O)OCCC)c1. The van der Waals surface area contributed by atoms with Gasteiger partial charge in [0.1, 0.15) is 0 Å². The topological polar surface area (TPSA) is 134 Å². The van der Waals surface area contributed by atoms with Crippen molar-refractivity contribution in [1.29, 1.82) is 0 Å². The fourth-order valence-corrected chi connectivity index (χ4v) is 4.20. The number of carbonyl (C=O) groups excluding carboxylic acids is 3. The maximum atomic E-state index is 12.7. The smallest absolute Gasteiger partial charge is 0.338 e. The van der Waals surface area contributed by atoms with Crippen LogP contribution in [0.1, 0.15) is 39.9 Å². The number of nitrogens with one attached hydrogen (secondary N) is 2. The number of amides is 2. The van der Waals surface area contributed by atoms with Crippen LogP contribution in [-0.4, -0.2) is 59.1 Å². The van der Waals surface area contributed by atoms with E-state index in [1.807, 2.05) is 6.92 Å². The highest BCUT2D eigenvalue weighted by atomic mass is 32.2. The molecule has 39 heavy (non-hydrogen) atoms. The van der Waals surface area contributed by atoms with E-state index in [0.717, 1.165) is 6.42 Å². The molecular weight excluding hydrogens is 522 g/mol. The second-order valence-electron chi connectivity index (χ2n) is 8.10. The van der Waals surface area contributed by atoms with Crippen molar-refractivity contribution < 1.29 is 28.6 Å². The zero-order valence-electron chi connectivity index (χ0n) is 22.1. The molecule has 0 bridgehead atoms. The van der Waals surface area contributed by atoms with Crippen LogP contribution in [0.4, 0.5) is 5.69 Å². The minimum Gasteiger partial charge on any atom is -0.493 e. The molecule has 0 radical (unpaired) electrons. The first-order chi connectivity index (χ1) is 18.9. The molecular formula is C27H31N5O6S. The Labute approximate surface area is 230 Å². The number of ether oxygens (including phenoxy) is 3. The lowest BCUT2D eigenvalue weighted by atomic mass is 10.2. The number of esters is 1. The Balaban J connectivity index is 1.60. The van der Waals surface area contributed by atoms with E-state index in [4.69, 9.17) is 14.2 Å². The second kappa shape index (κ2) is 14.6. The van der Waals surface area contributed by atoms with E-state index in [9.17, 15) is 14.4 Å². The van der Waals surface area contributed by atoms with Crippen LogP contribution >= 0.6 is 11.8 Å². The molecule has 0 fully saturated rings. The number of nitrogens with zero attached hydrogens (tertiary/aromatic N) is 3. The lowest BCUT2D eigenvalue weighted by Crippen LogP contribution is -2.25. The third-order valence-electron chi connectivity index (χ3n) is 5.31. The highest BCUT2D eigenvalue weighted by molar-refractivity contribution is 7.99. The highest BCUT2D eigenvalue weighted by Gasteiger charge is 2.16. The van der Waals surface area contributed by atoms with E-state index in [0.29, 0.717) is 52.4 Å². The van der Waals surface area contributed by atoms with Crippen LogP contribution in [0.25, 0.3) is 0 Å². The molecule has 1 aromatic heterocycles. The van der Waals surface area contributed by atoms with Gasteiger partial charge in [0.25, 0.3) is 5.91 Å². The van der Waals surface area contributed by atoms with Gasteiger partial charge in [-0.2, -0.15) is 0 Å². The first-order valence-corrected chi connectivity index (χ1v) is 13.1. The van der Waals surface area contributed by atoms with E-state index in [-0.39, 0.29) is 24.1 Å². The first kappa shape index (κ1) is 29.2. The van der Waals surface area contributed by atoms with Crippen LogP contribution in [-0.2, 0) is 22.6 Å². The molecule has 3 rings (SSSR count). The number of aromatic nitrogens is 3. The monoisotopic (exact) mass is 553 g/mol. The van der Waals surface area contributed by atoms with E-state index in [1.54, 1.807) is 53.1 Å². The molecule has 0 unspecified atom stereocenters.